The summed E-state index contributed by atoms with van der Waals surface area (Å²) in [5.74, 6) is -1.38. The van der Waals surface area contributed by atoms with Crippen LogP contribution in [0.25, 0.3) is 11.1 Å². The highest BCUT2D eigenvalue weighted by Crippen LogP contribution is 2.21. The molecule has 0 atom stereocenters. The number of ether oxygens (including phenoxy) is 2. The molecule has 206 valence electrons. The molecule has 0 saturated heterocycles. The molecule has 0 bridgehead atoms. The van der Waals surface area contributed by atoms with E-state index in [1.54, 1.807) is 30.3 Å². The fraction of sp³-hybridized carbons (Fsp3) is 0.308. The number of aliphatic hydroxyl groups excluding tert-OH is 2. The van der Waals surface area contributed by atoms with Crippen LogP contribution >= 0.6 is 0 Å². The number of aliphatic hydroxyl groups is 2. The first kappa shape index (κ1) is 28.9. The maximum absolute atomic E-state index is 11.8. The van der Waals surface area contributed by atoms with Gasteiger partial charge in [0.15, 0.2) is 11.3 Å². The number of esters is 2. The van der Waals surface area contributed by atoms with Crippen LogP contribution in [0, 0.1) is 0 Å². The second kappa shape index (κ2) is 13.8. The zero-order valence-electron chi connectivity index (χ0n) is 21.4. The Morgan fingerprint density at radius 3 is 2.44 bits per heavy atom. The summed E-state index contributed by atoms with van der Waals surface area (Å²) in [5, 5.41) is 25.2. The predicted molar refractivity (Wildman–Crippen MR) is 138 cm³/mol. The molecule has 13 nitrogen and oxygen atoms in total. The van der Waals surface area contributed by atoms with Crippen molar-refractivity contribution in [2.24, 2.45) is 5.10 Å². The molecule has 39 heavy (non-hydrogen) atoms. The molecule has 2 amide bonds. The number of hydrogen-bond acceptors (Lipinski definition) is 11. The number of aromatic nitrogens is 1. The van der Waals surface area contributed by atoms with Crippen molar-refractivity contribution in [1.29, 1.82) is 0 Å². The Labute approximate surface area is 223 Å². The van der Waals surface area contributed by atoms with Crippen molar-refractivity contribution in [3.8, 4) is 0 Å². The lowest BCUT2D eigenvalue weighted by molar-refractivity contribution is -0.140. The minimum absolute atomic E-state index is 0.0505. The van der Waals surface area contributed by atoms with Crippen LogP contribution in [0.15, 0.2) is 52.0 Å². The Bertz CT molecular complexity index is 1370. The monoisotopic (exact) mass is 540 g/mol. The van der Waals surface area contributed by atoms with Crippen LogP contribution in [-0.2, 0) is 36.7 Å². The number of anilines is 1. The van der Waals surface area contributed by atoms with E-state index in [1.807, 2.05) is 12.1 Å². The van der Waals surface area contributed by atoms with Gasteiger partial charge in [0.1, 0.15) is 11.9 Å². The summed E-state index contributed by atoms with van der Waals surface area (Å²) in [6.07, 6.45) is 0.452. The van der Waals surface area contributed by atoms with Crippen molar-refractivity contribution in [2.75, 3.05) is 39.0 Å². The minimum atomic E-state index is -0.590. The van der Waals surface area contributed by atoms with Gasteiger partial charge in [0.25, 0.3) is 11.8 Å². The van der Waals surface area contributed by atoms with Gasteiger partial charge in [0.05, 0.1) is 32.9 Å². The number of rotatable bonds is 9. The molecule has 1 aliphatic heterocycles. The molecule has 0 unspecified atom stereocenters. The summed E-state index contributed by atoms with van der Waals surface area (Å²) >= 11 is 0. The van der Waals surface area contributed by atoms with Crippen LogP contribution in [0.5, 0.6) is 0 Å². The topological polar surface area (TPSA) is 181 Å². The molecule has 0 fully saturated rings. The van der Waals surface area contributed by atoms with E-state index in [4.69, 9.17) is 14.6 Å². The first-order valence-electron chi connectivity index (χ1n) is 11.8. The number of amides is 2. The number of benzene rings is 2. The summed E-state index contributed by atoms with van der Waals surface area (Å²) in [5.41, 5.74) is 3.04. The average molecular weight is 541 g/mol. The van der Waals surface area contributed by atoms with Crippen molar-refractivity contribution < 1.29 is 43.3 Å². The van der Waals surface area contributed by atoms with Gasteiger partial charge in [-0.3, -0.25) is 14.4 Å². The molecular formula is C26H28N4O9. The number of carbonyl (C=O) groups is 4. The van der Waals surface area contributed by atoms with Gasteiger partial charge in [-0.2, -0.15) is 10.1 Å². The number of hydrazone groups is 1. The SMILES string of the molecule is COC(=O)C1=NN(c2ccc(CCO)cc2)C(=O)C1.COC(=O)Cc1nc2cc(C(=O)NCCO)ccc2o1. The highest BCUT2D eigenvalue weighted by Gasteiger charge is 2.29. The summed E-state index contributed by atoms with van der Waals surface area (Å²) in [7, 11) is 2.54. The van der Waals surface area contributed by atoms with Crippen molar-refractivity contribution in [3.05, 3.63) is 59.5 Å². The van der Waals surface area contributed by atoms with Crippen LogP contribution in [0.4, 0.5) is 5.69 Å². The zero-order chi connectivity index (χ0) is 28.4. The van der Waals surface area contributed by atoms with E-state index in [1.165, 1.54) is 19.2 Å². The molecular weight excluding hydrogens is 512 g/mol. The number of carbonyl (C=O) groups excluding carboxylic acids is 4. The van der Waals surface area contributed by atoms with Crippen molar-refractivity contribution in [3.63, 3.8) is 0 Å². The number of fused-ring (bicyclic) bond motifs is 1. The Morgan fingerprint density at radius 1 is 1.05 bits per heavy atom. The van der Waals surface area contributed by atoms with Gasteiger partial charge < -0.3 is 29.4 Å². The molecule has 0 radical (unpaired) electrons. The van der Waals surface area contributed by atoms with E-state index in [0.29, 0.717) is 28.8 Å². The van der Waals surface area contributed by atoms with E-state index in [9.17, 15) is 19.2 Å². The van der Waals surface area contributed by atoms with Crippen molar-refractivity contribution in [2.45, 2.75) is 19.3 Å². The smallest absolute Gasteiger partial charge is 0.354 e. The van der Waals surface area contributed by atoms with Gasteiger partial charge in [0, 0.05) is 18.7 Å². The molecule has 13 heteroatoms. The third-order valence-electron chi connectivity index (χ3n) is 5.39. The van der Waals surface area contributed by atoms with E-state index in [0.717, 1.165) is 5.56 Å². The Hall–Kier alpha value is -4.62. The molecule has 3 N–H and O–H groups in total. The molecule has 1 aromatic heterocycles. The van der Waals surface area contributed by atoms with E-state index >= 15 is 0 Å². The number of methoxy groups -OCH3 is 2. The summed E-state index contributed by atoms with van der Waals surface area (Å²) in [4.78, 5) is 50.1. The molecule has 0 saturated carbocycles. The highest BCUT2D eigenvalue weighted by atomic mass is 16.5. The molecule has 0 spiro atoms. The molecule has 2 aromatic carbocycles. The van der Waals surface area contributed by atoms with Crippen LogP contribution in [0.1, 0.15) is 28.2 Å². The van der Waals surface area contributed by atoms with Gasteiger partial charge in [-0.05, 0) is 42.3 Å². The van der Waals surface area contributed by atoms with Crippen LogP contribution in [0.2, 0.25) is 0 Å². The van der Waals surface area contributed by atoms with E-state index in [-0.39, 0.29) is 56.0 Å². The third kappa shape index (κ3) is 7.69. The summed E-state index contributed by atoms with van der Waals surface area (Å²) in [6, 6.07) is 11.8. The Balaban J connectivity index is 0.000000216. The first-order valence-corrected chi connectivity index (χ1v) is 11.8. The lowest BCUT2D eigenvalue weighted by atomic mass is 10.1. The number of hydrogen-bond donors (Lipinski definition) is 3. The lowest BCUT2D eigenvalue weighted by Crippen LogP contribution is -2.26. The largest absolute Gasteiger partial charge is 0.469 e. The Kier molecular flexibility index (Phi) is 10.2. The Morgan fingerprint density at radius 2 is 1.79 bits per heavy atom. The zero-order valence-corrected chi connectivity index (χ0v) is 21.4. The van der Waals surface area contributed by atoms with Crippen LogP contribution in [0.3, 0.4) is 0 Å². The minimum Gasteiger partial charge on any atom is -0.469 e. The molecule has 0 aliphatic carbocycles. The molecule has 2 heterocycles. The van der Waals surface area contributed by atoms with Crippen molar-refractivity contribution >= 4 is 46.3 Å². The van der Waals surface area contributed by atoms with E-state index < -0.39 is 11.9 Å². The number of nitrogens with one attached hydrogen (secondary N) is 1. The standard InChI is InChI=1S/C13H14N2O5.C13H14N2O4/c1-19-12(17)7-11-15-9-6-8(2-3-10(9)20-11)13(18)14-4-5-16;1-19-13(18)11-8-12(17)15(14-11)10-4-2-9(3-5-10)6-7-16/h2-3,6,16H,4-5,7H2,1H3,(H,14,18);2-5,16H,6-8H2,1H3. The fourth-order valence-electron chi connectivity index (χ4n) is 3.45. The van der Waals surface area contributed by atoms with Gasteiger partial charge in [-0.25, -0.2) is 9.78 Å². The maximum atomic E-state index is 11.8. The third-order valence-corrected chi connectivity index (χ3v) is 5.39. The van der Waals surface area contributed by atoms with Gasteiger partial charge in [-0.1, -0.05) is 12.1 Å². The van der Waals surface area contributed by atoms with Crippen molar-refractivity contribution in [1.82, 2.24) is 10.3 Å². The van der Waals surface area contributed by atoms with Gasteiger partial charge >= 0.3 is 11.9 Å². The van der Waals surface area contributed by atoms with Gasteiger partial charge in [0.2, 0.25) is 5.89 Å². The molecule has 3 aromatic rings. The van der Waals surface area contributed by atoms with Crippen LogP contribution < -0.4 is 10.3 Å². The highest BCUT2D eigenvalue weighted by molar-refractivity contribution is 6.42. The molecule has 1 aliphatic rings. The average Bonchev–Trinajstić information content (AvgIpc) is 3.54. The fourth-order valence-corrected chi connectivity index (χ4v) is 3.45. The maximum Gasteiger partial charge on any atom is 0.354 e. The quantitative estimate of drug-likeness (QED) is 0.328. The van der Waals surface area contributed by atoms with E-state index in [2.05, 4.69) is 24.9 Å². The second-order valence-corrected chi connectivity index (χ2v) is 8.08. The summed E-state index contributed by atoms with van der Waals surface area (Å²) < 4.78 is 14.4. The number of nitrogens with zero attached hydrogens (tertiary/aromatic N) is 3. The molecule has 4 rings (SSSR count). The summed E-state index contributed by atoms with van der Waals surface area (Å²) in [6.45, 7) is 0.136. The predicted octanol–water partition coefficient (Wildman–Crippen LogP) is 0.753. The normalized spacial score (nSPS) is 12.5. The lowest BCUT2D eigenvalue weighted by Gasteiger charge is -2.11. The second-order valence-electron chi connectivity index (χ2n) is 8.08. The number of oxazole rings is 1. The van der Waals surface area contributed by atoms with Crippen LogP contribution in [-0.4, -0.2) is 78.6 Å². The first-order chi connectivity index (χ1) is 18.8. The van der Waals surface area contributed by atoms with Gasteiger partial charge in [-0.15, -0.1) is 0 Å².